The predicted molar refractivity (Wildman–Crippen MR) is 121 cm³/mol. The van der Waals surface area contributed by atoms with E-state index in [-0.39, 0.29) is 43.2 Å². The summed E-state index contributed by atoms with van der Waals surface area (Å²) in [6, 6.07) is 17.0. The minimum absolute atomic E-state index is 0.0488. The lowest BCUT2D eigenvalue weighted by Gasteiger charge is -2.28. The van der Waals surface area contributed by atoms with E-state index in [0.717, 1.165) is 11.1 Å². The fourth-order valence-electron chi connectivity index (χ4n) is 3.44. The zero-order valence-corrected chi connectivity index (χ0v) is 18.8. The molecule has 5 nitrogen and oxygen atoms in total. The first kappa shape index (κ1) is 23.3. The molecule has 2 aromatic carbocycles. The Hall–Kier alpha value is -3.41. The molecule has 0 radical (unpaired) electrons. The zero-order valence-electron chi connectivity index (χ0n) is 18.8. The molecule has 168 valence electrons. The highest BCUT2D eigenvalue weighted by molar-refractivity contribution is 5.96. The van der Waals surface area contributed by atoms with Gasteiger partial charge in [-0.3, -0.25) is 9.59 Å². The Morgan fingerprint density at radius 2 is 1.62 bits per heavy atom. The largest absolute Gasteiger partial charge is 0.467 e. The molecular formula is C26H29FN2O3. The Bertz CT molecular complexity index is 1010. The summed E-state index contributed by atoms with van der Waals surface area (Å²) in [5.41, 5.74) is 2.42. The zero-order chi connectivity index (χ0) is 23.1. The van der Waals surface area contributed by atoms with Gasteiger partial charge in [0.25, 0.3) is 5.91 Å². The monoisotopic (exact) mass is 436 g/mol. The van der Waals surface area contributed by atoms with E-state index in [2.05, 4.69) is 0 Å². The van der Waals surface area contributed by atoms with Crippen molar-refractivity contribution in [1.82, 2.24) is 9.80 Å². The molecule has 0 bridgehead atoms. The molecule has 0 atom stereocenters. The fraction of sp³-hybridized carbons (Fsp3) is 0.308. The summed E-state index contributed by atoms with van der Waals surface area (Å²) in [7, 11) is 0. The molecular weight excluding hydrogens is 407 g/mol. The Morgan fingerprint density at radius 1 is 0.938 bits per heavy atom. The van der Waals surface area contributed by atoms with Crippen molar-refractivity contribution in [1.29, 1.82) is 0 Å². The van der Waals surface area contributed by atoms with Gasteiger partial charge in [0, 0.05) is 18.7 Å². The van der Waals surface area contributed by atoms with E-state index in [9.17, 15) is 14.0 Å². The van der Waals surface area contributed by atoms with Crippen LogP contribution in [-0.4, -0.2) is 34.7 Å². The Kier molecular flexibility index (Phi) is 7.82. The number of halogens is 1. The Morgan fingerprint density at radius 3 is 2.22 bits per heavy atom. The van der Waals surface area contributed by atoms with E-state index in [0.29, 0.717) is 17.9 Å². The number of nitrogens with zero attached hydrogens (tertiary/aromatic N) is 2. The summed E-state index contributed by atoms with van der Waals surface area (Å²) >= 11 is 0. The van der Waals surface area contributed by atoms with Gasteiger partial charge in [0.1, 0.15) is 18.1 Å². The molecule has 0 fully saturated rings. The van der Waals surface area contributed by atoms with Crippen molar-refractivity contribution >= 4 is 11.8 Å². The molecule has 32 heavy (non-hydrogen) atoms. The van der Waals surface area contributed by atoms with Crippen LogP contribution in [-0.2, 0) is 17.9 Å². The highest BCUT2D eigenvalue weighted by Crippen LogP contribution is 2.15. The number of hydrogen-bond donors (Lipinski definition) is 0. The van der Waals surface area contributed by atoms with E-state index in [1.807, 2.05) is 32.9 Å². The van der Waals surface area contributed by atoms with Gasteiger partial charge in [-0.1, -0.05) is 43.7 Å². The second-order valence-electron chi connectivity index (χ2n) is 8.40. The number of rotatable bonds is 9. The molecule has 0 saturated carbocycles. The summed E-state index contributed by atoms with van der Waals surface area (Å²) in [6.45, 7) is 6.95. The van der Waals surface area contributed by atoms with Gasteiger partial charge in [0.15, 0.2) is 0 Å². The number of carbonyl (C=O) groups is 2. The fourth-order valence-corrected chi connectivity index (χ4v) is 3.44. The van der Waals surface area contributed by atoms with Gasteiger partial charge in [-0.25, -0.2) is 4.39 Å². The topological polar surface area (TPSA) is 53.8 Å². The first-order valence-electron chi connectivity index (χ1n) is 10.7. The lowest BCUT2D eigenvalue weighted by Crippen LogP contribution is -2.43. The molecule has 0 unspecified atom stereocenters. The maximum absolute atomic E-state index is 13.3. The van der Waals surface area contributed by atoms with Crippen molar-refractivity contribution in [2.24, 2.45) is 5.92 Å². The predicted octanol–water partition coefficient (Wildman–Crippen LogP) is 5.05. The third-order valence-electron chi connectivity index (χ3n) is 5.06. The van der Waals surface area contributed by atoms with Crippen LogP contribution in [0.2, 0.25) is 0 Å². The first-order chi connectivity index (χ1) is 15.3. The van der Waals surface area contributed by atoms with Gasteiger partial charge < -0.3 is 14.2 Å². The van der Waals surface area contributed by atoms with Gasteiger partial charge in [-0.2, -0.15) is 0 Å². The van der Waals surface area contributed by atoms with E-state index in [4.69, 9.17) is 4.42 Å². The molecule has 6 heteroatoms. The molecule has 1 aromatic heterocycles. The quantitative estimate of drug-likeness (QED) is 0.471. The van der Waals surface area contributed by atoms with Gasteiger partial charge in [0.2, 0.25) is 5.91 Å². The maximum Gasteiger partial charge on any atom is 0.254 e. The molecule has 0 spiro atoms. The van der Waals surface area contributed by atoms with Crippen molar-refractivity contribution < 1.29 is 18.4 Å². The number of benzene rings is 2. The standard InChI is InChI=1S/C26H29FN2O3/c1-19(2)15-29(26(31)22-10-6-20(3)7-11-22)18-25(30)28(17-24-5-4-14-32-24)16-21-8-12-23(27)13-9-21/h4-14,19H,15-18H2,1-3H3. The number of aryl methyl sites for hydroxylation is 1. The van der Waals surface area contributed by atoms with Crippen LogP contribution in [0.15, 0.2) is 71.3 Å². The van der Waals surface area contributed by atoms with Crippen LogP contribution < -0.4 is 0 Å². The molecule has 1 heterocycles. The maximum atomic E-state index is 13.3. The SMILES string of the molecule is Cc1ccc(C(=O)N(CC(=O)N(Cc2ccc(F)cc2)Cc2ccco2)CC(C)C)cc1. The van der Waals surface area contributed by atoms with Crippen LogP contribution >= 0.6 is 0 Å². The van der Waals surface area contributed by atoms with Crippen LogP contribution in [0, 0.1) is 18.7 Å². The molecule has 0 aliphatic rings. The van der Waals surface area contributed by atoms with E-state index < -0.39 is 0 Å². The average Bonchev–Trinajstić information content (AvgIpc) is 3.27. The molecule has 0 aliphatic carbocycles. The van der Waals surface area contributed by atoms with Crippen molar-refractivity contribution in [3.8, 4) is 0 Å². The number of hydrogen-bond acceptors (Lipinski definition) is 3. The number of furan rings is 1. The summed E-state index contributed by atoms with van der Waals surface area (Å²) in [4.78, 5) is 29.7. The van der Waals surface area contributed by atoms with Gasteiger partial charge in [-0.05, 0) is 54.8 Å². The van der Waals surface area contributed by atoms with Crippen LogP contribution in [0.1, 0.15) is 41.1 Å². The first-order valence-corrected chi connectivity index (χ1v) is 10.7. The normalized spacial score (nSPS) is 10.9. The van der Waals surface area contributed by atoms with Crippen LogP contribution in [0.5, 0.6) is 0 Å². The third-order valence-corrected chi connectivity index (χ3v) is 5.06. The minimum atomic E-state index is -0.329. The minimum Gasteiger partial charge on any atom is -0.467 e. The highest BCUT2D eigenvalue weighted by Gasteiger charge is 2.24. The van der Waals surface area contributed by atoms with Crippen LogP contribution in [0.25, 0.3) is 0 Å². The third kappa shape index (κ3) is 6.54. The van der Waals surface area contributed by atoms with Gasteiger partial charge in [-0.15, -0.1) is 0 Å². The number of amides is 2. The van der Waals surface area contributed by atoms with Crippen molar-refractivity contribution in [3.63, 3.8) is 0 Å². The van der Waals surface area contributed by atoms with Crippen molar-refractivity contribution in [3.05, 3.63) is 95.2 Å². The van der Waals surface area contributed by atoms with Gasteiger partial charge >= 0.3 is 0 Å². The molecule has 0 saturated heterocycles. The average molecular weight is 437 g/mol. The Labute approximate surface area is 188 Å². The molecule has 3 aromatic rings. The van der Waals surface area contributed by atoms with Gasteiger partial charge in [0.05, 0.1) is 12.8 Å². The molecule has 2 amide bonds. The van der Waals surface area contributed by atoms with Crippen LogP contribution in [0.3, 0.4) is 0 Å². The molecule has 0 N–H and O–H groups in total. The smallest absolute Gasteiger partial charge is 0.254 e. The molecule has 0 aliphatic heterocycles. The summed E-state index contributed by atoms with van der Waals surface area (Å²) in [6.07, 6.45) is 1.56. The van der Waals surface area contributed by atoms with Crippen molar-refractivity contribution in [2.45, 2.75) is 33.9 Å². The number of carbonyl (C=O) groups excluding carboxylic acids is 2. The summed E-state index contributed by atoms with van der Waals surface area (Å²) in [5.74, 6) is 0.136. The van der Waals surface area contributed by atoms with E-state index in [1.54, 1.807) is 52.5 Å². The second kappa shape index (κ2) is 10.8. The van der Waals surface area contributed by atoms with Crippen molar-refractivity contribution in [2.75, 3.05) is 13.1 Å². The highest BCUT2D eigenvalue weighted by atomic mass is 19.1. The van der Waals surface area contributed by atoms with Crippen LogP contribution in [0.4, 0.5) is 4.39 Å². The summed E-state index contributed by atoms with van der Waals surface area (Å²) < 4.78 is 18.8. The van der Waals surface area contributed by atoms with E-state index >= 15 is 0 Å². The van der Waals surface area contributed by atoms with E-state index in [1.165, 1.54) is 12.1 Å². The molecule has 3 rings (SSSR count). The Balaban J connectivity index is 1.80. The lowest BCUT2D eigenvalue weighted by atomic mass is 10.1. The summed E-state index contributed by atoms with van der Waals surface area (Å²) in [5, 5.41) is 0. The lowest BCUT2D eigenvalue weighted by molar-refractivity contribution is -0.133. The second-order valence-corrected chi connectivity index (χ2v) is 8.40.